The molecule has 0 radical (unpaired) electrons. The van der Waals surface area contributed by atoms with Crippen LogP contribution in [0.25, 0.3) is 93.8 Å². The third kappa shape index (κ3) is 5.00. The van der Waals surface area contributed by atoms with E-state index in [1.165, 1.54) is 54.5 Å². The third-order valence-electron chi connectivity index (χ3n) is 10.2. The van der Waals surface area contributed by atoms with Crippen LogP contribution in [0.2, 0.25) is 0 Å². The van der Waals surface area contributed by atoms with Gasteiger partial charge in [-0.3, -0.25) is 0 Å². The minimum absolute atomic E-state index is 0.953. The Bertz CT molecular complexity index is 2790. The van der Waals surface area contributed by atoms with E-state index in [4.69, 9.17) is 4.98 Å². The molecule has 0 amide bonds. The van der Waals surface area contributed by atoms with Crippen molar-refractivity contribution in [1.29, 1.82) is 0 Å². The van der Waals surface area contributed by atoms with Gasteiger partial charge in [-0.15, -0.1) is 0 Å². The van der Waals surface area contributed by atoms with E-state index in [2.05, 4.69) is 199 Å². The summed E-state index contributed by atoms with van der Waals surface area (Å²) in [6.45, 7) is 0. The van der Waals surface area contributed by atoms with Gasteiger partial charge < -0.3 is 4.57 Å². The summed E-state index contributed by atoms with van der Waals surface area (Å²) in [5, 5.41) is 7.66. The zero-order chi connectivity index (χ0) is 33.7. The molecule has 10 rings (SSSR count). The Balaban J connectivity index is 1.14. The van der Waals surface area contributed by atoms with Crippen LogP contribution in [-0.4, -0.2) is 9.55 Å². The summed E-state index contributed by atoms with van der Waals surface area (Å²) in [5.41, 5.74) is 12.3. The van der Waals surface area contributed by atoms with E-state index in [9.17, 15) is 0 Å². The second-order valence-corrected chi connectivity index (χ2v) is 13.2. The number of aromatic nitrogens is 2. The lowest BCUT2D eigenvalue weighted by molar-refractivity contribution is 1.18. The Hall–Kier alpha value is -6.77. The van der Waals surface area contributed by atoms with Gasteiger partial charge in [0.2, 0.25) is 0 Å². The number of fused-ring (bicyclic) bond motifs is 7. The Morgan fingerprint density at radius 1 is 0.314 bits per heavy atom. The summed E-state index contributed by atoms with van der Waals surface area (Å²) in [6.07, 6.45) is 0. The lowest BCUT2D eigenvalue weighted by Gasteiger charge is -2.13. The molecule has 0 atom stereocenters. The fourth-order valence-electron chi connectivity index (χ4n) is 7.72. The highest BCUT2D eigenvalue weighted by atomic mass is 15.0. The quantitative estimate of drug-likeness (QED) is 0.182. The fraction of sp³-hybridized carbons (Fsp3) is 0. The van der Waals surface area contributed by atoms with Crippen molar-refractivity contribution in [3.05, 3.63) is 194 Å². The van der Waals surface area contributed by atoms with E-state index < -0.39 is 0 Å². The van der Waals surface area contributed by atoms with Gasteiger partial charge in [0.1, 0.15) is 0 Å². The predicted molar refractivity (Wildman–Crippen MR) is 215 cm³/mol. The first-order chi connectivity index (χ1) is 25.3. The van der Waals surface area contributed by atoms with Crippen molar-refractivity contribution < 1.29 is 0 Å². The van der Waals surface area contributed by atoms with Crippen LogP contribution in [0.1, 0.15) is 0 Å². The molecule has 0 aliphatic heterocycles. The Morgan fingerprint density at radius 3 is 1.43 bits per heavy atom. The second-order valence-electron chi connectivity index (χ2n) is 13.2. The van der Waals surface area contributed by atoms with Crippen molar-refractivity contribution in [2.45, 2.75) is 0 Å². The van der Waals surface area contributed by atoms with E-state index in [0.29, 0.717) is 0 Å². The third-order valence-corrected chi connectivity index (χ3v) is 10.2. The molecule has 0 saturated carbocycles. The second kappa shape index (κ2) is 12.0. The molecule has 2 heteroatoms. The SMILES string of the molecule is c1ccc(-c2cccc(-c3cc(-c4ccc(-n5c6ccc7ccccc7c6c6c7ccccc7ccc65)cc4)cc(-c4ccccc4)n3)c2)cc1. The Kier molecular flexibility index (Phi) is 6.85. The van der Waals surface area contributed by atoms with Gasteiger partial charge in [0.05, 0.1) is 22.4 Å². The number of hydrogen-bond donors (Lipinski definition) is 0. The molecule has 0 aliphatic rings. The molecule has 0 bridgehead atoms. The lowest BCUT2D eigenvalue weighted by atomic mass is 9.97. The van der Waals surface area contributed by atoms with Crippen LogP contribution < -0.4 is 0 Å². The van der Waals surface area contributed by atoms with Crippen LogP contribution in [-0.2, 0) is 0 Å². The number of rotatable bonds is 5. The van der Waals surface area contributed by atoms with Crippen LogP contribution in [0.15, 0.2) is 194 Å². The highest BCUT2D eigenvalue weighted by Crippen LogP contribution is 2.41. The van der Waals surface area contributed by atoms with Crippen molar-refractivity contribution in [2.24, 2.45) is 0 Å². The van der Waals surface area contributed by atoms with Crippen molar-refractivity contribution in [3.63, 3.8) is 0 Å². The molecule has 0 aliphatic carbocycles. The average molecular weight is 649 g/mol. The molecule has 10 aromatic rings. The fourth-order valence-corrected chi connectivity index (χ4v) is 7.72. The number of nitrogens with zero attached hydrogens (tertiary/aromatic N) is 2. The molecular weight excluding hydrogens is 617 g/mol. The standard InChI is InChI=1S/C49H32N2/c1-3-12-33(13-4-1)38-18-11-19-39(30-38)45-32-40(31-44(50-45)37-16-5-2-6-17-37)34-22-26-41(27-23-34)51-46-28-24-35-14-7-9-20-42(35)48(46)49-43-21-10-8-15-36(43)25-29-47(49)51/h1-32H. The first-order valence-electron chi connectivity index (χ1n) is 17.5. The monoisotopic (exact) mass is 648 g/mol. The van der Waals surface area contributed by atoms with Gasteiger partial charge >= 0.3 is 0 Å². The lowest BCUT2D eigenvalue weighted by Crippen LogP contribution is -1.95. The molecule has 2 aromatic heterocycles. The van der Waals surface area contributed by atoms with Crippen LogP contribution in [0.5, 0.6) is 0 Å². The van der Waals surface area contributed by atoms with Crippen LogP contribution in [0, 0.1) is 0 Å². The van der Waals surface area contributed by atoms with E-state index in [-0.39, 0.29) is 0 Å². The van der Waals surface area contributed by atoms with Crippen molar-refractivity contribution in [1.82, 2.24) is 9.55 Å². The van der Waals surface area contributed by atoms with E-state index in [1.807, 2.05) is 0 Å². The van der Waals surface area contributed by atoms with Gasteiger partial charge in [0, 0.05) is 27.6 Å². The molecule has 238 valence electrons. The van der Waals surface area contributed by atoms with Crippen molar-refractivity contribution in [3.8, 4) is 50.5 Å². The zero-order valence-electron chi connectivity index (χ0n) is 27.9. The minimum Gasteiger partial charge on any atom is -0.309 e. The summed E-state index contributed by atoms with van der Waals surface area (Å²) in [7, 11) is 0. The van der Waals surface area contributed by atoms with Gasteiger partial charge in [-0.1, -0.05) is 152 Å². The topological polar surface area (TPSA) is 17.8 Å². The first-order valence-corrected chi connectivity index (χ1v) is 17.5. The molecule has 0 unspecified atom stereocenters. The molecule has 0 spiro atoms. The van der Waals surface area contributed by atoms with Gasteiger partial charge in [-0.25, -0.2) is 4.98 Å². The maximum atomic E-state index is 5.21. The van der Waals surface area contributed by atoms with Crippen LogP contribution >= 0.6 is 0 Å². The largest absolute Gasteiger partial charge is 0.309 e. The smallest absolute Gasteiger partial charge is 0.0715 e. The predicted octanol–water partition coefficient (Wildman–Crippen LogP) is 13.2. The van der Waals surface area contributed by atoms with E-state index >= 15 is 0 Å². The molecule has 2 nitrogen and oxygen atoms in total. The normalized spacial score (nSPS) is 11.5. The summed E-state index contributed by atoms with van der Waals surface area (Å²) >= 11 is 0. The summed E-state index contributed by atoms with van der Waals surface area (Å²) in [4.78, 5) is 5.21. The number of pyridine rings is 1. The first kappa shape index (κ1) is 29.2. The van der Waals surface area contributed by atoms with Crippen LogP contribution in [0.4, 0.5) is 0 Å². The Morgan fingerprint density at radius 2 is 0.804 bits per heavy atom. The number of hydrogen-bond acceptors (Lipinski definition) is 1. The van der Waals surface area contributed by atoms with Gasteiger partial charge in [-0.2, -0.15) is 0 Å². The molecule has 2 heterocycles. The Labute approximate surface area is 296 Å². The average Bonchev–Trinajstić information content (AvgIpc) is 3.57. The van der Waals surface area contributed by atoms with Crippen molar-refractivity contribution >= 4 is 43.4 Å². The maximum Gasteiger partial charge on any atom is 0.0715 e. The highest BCUT2D eigenvalue weighted by Gasteiger charge is 2.17. The molecule has 51 heavy (non-hydrogen) atoms. The molecule has 8 aromatic carbocycles. The zero-order valence-corrected chi connectivity index (χ0v) is 27.9. The number of benzene rings is 8. The summed E-state index contributed by atoms with van der Waals surface area (Å²) < 4.78 is 2.43. The summed E-state index contributed by atoms with van der Waals surface area (Å²) in [5.74, 6) is 0. The van der Waals surface area contributed by atoms with Gasteiger partial charge in [0.15, 0.2) is 0 Å². The summed E-state index contributed by atoms with van der Waals surface area (Å²) in [6, 6.07) is 69.7. The van der Waals surface area contributed by atoms with E-state index in [0.717, 1.165) is 39.3 Å². The molecule has 0 fully saturated rings. The van der Waals surface area contributed by atoms with Crippen molar-refractivity contribution in [2.75, 3.05) is 0 Å². The van der Waals surface area contributed by atoms with Crippen LogP contribution in [0.3, 0.4) is 0 Å². The minimum atomic E-state index is 0.953. The molecule has 0 saturated heterocycles. The highest BCUT2D eigenvalue weighted by molar-refractivity contribution is 6.28. The van der Waals surface area contributed by atoms with Gasteiger partial charge in [-0.05, 0) is 86.3 Å². The van der Waals surface area contributed by atoms with Gasteiger partial charge in [0.25, 0.3) is 0 Å². The van der Waals surface area contributed by atoms with E-state index in [1.54, 1.807) is 0 Å². The molecule has 0 N–H and O–H groups in total. The maximum absolute atomic E-state index is 5.21. The molecular formula is C49H32N2.